The van der Waals surface area contributed by atoms with Crippen LogP contribution in [0.25, 0.3) is 68.8 Å². The third-order valence-corrected chi connectivity index (χ3v) is 16.8. The van der Waals surface area contributed by atoms with Gasteiger partial charge in [-0.05, 0) is 176 Å². The van der Waals surface area contributed by atoms with E-state index in [0.29, 0.717) is 0 Å². The fourth-order valence-electron chi connectivity index (χ4n) is 12.2. The van der Waals surface area contributed by atoms with E-state index in [4.69, 9.17) is 0 Å². The smallest absolute Gasteiger partial charge is 0.0465 e. The number of rotatable bonds is 12. The molecule has 13 rings (SSSR count). The molecule has 0 aromatic heterocycles. The van der Waals surface area contributed by atoms with Gasteiger partial charge in [0.2, 0.25) is 0 Å². The van der Waals surface area contributed by atoms with Crippen LogP contribution in [0.5, 0.6) is 0 Å². The van der Waals surface area contributed by atoms with E-state index in [1.807, 2.05) is 0 Å². The molecule has 0 radical (unpaired) electrons. The van der Waals surface area contributed by atoms with Crippen LogP contribution in [0.4, 0.5) is 34.1 Å². The van der Waals surface area contributed by atoms with E-state index in [0.717, 1.165) is 34.1 Å². The summed E-state index contributed by atoms with van der Waals surface area (Å²) in [6.07, 6.45) is 8.98. The van der Waals surface area contributed by atoms with Crippen molar-refractivity contribution in [2.24, 2.45) is 0 Å². The summed E-state index contributed by atoms with van der Waals surface area (Å²) in [7, 11) is 0. The standard InChI is InChI=1S/C78H64N2/c1-53-17-35-63(36-18-53)79(65-39-31-61(32-40-65)59-13-9-7-10-14-59)67-43-47-71-69-45-29-57(49-73(69)77(3,4)75(71)51-67)27-25-55-21-23-56(24-22-55)26-28-58-30-46-70-72-48-44-68(52-76(72)78(5,6)74(70)50-58)80(64-37-19-54(2)20-38-64)66-41-33-62(34-42-66)60-15-11-8-12-16-60/h7-52H,1-6H3. The molecule has 2 aliphatic rings. The second-order valence-corrected chi connectivity index (χ2v) is 22.8. The van der Waals surface area contributed by atoms with Gasteiger partial charge in [0.05, 0.1) is 0 Å². The Kier molecular flexibility index (Phi) is 12.7. The van der Waals surface area contributed by atoms with Crippen molar-refractivity contribution < 1.29 is 0 Å². The second kappa shape index (κ2) is 20.4. The fraction of sp³-hybridized carbons (Fsp3) is 0.103. The Morgan fingerprint density at radius 2 is 0.512 bits per heavy atom. The van der Waals surface area contributed by atoms with Crippen LogP contribution in [0.1, 0.15) is 83.3 Å². The molecule has 0 saturated heterocycles. The van der Waals surface area contributed by atoms with Gasteiger partial charge < -0.3 is 9.80 Å². The molecular formula is C78H64N2. The maximum absolute atomic E-state index is 2.42. The number of benzene rings is 11. The van der Waals surface area contributed by atoms with Gasteiger partial charge >= 0.3 is 0 Å². The molecule has 386 valence electrons. The van der Waals surface area contributed by atoms with Crippen molar-refractivity contribution in [1.82, 2.24) is 0 Å². The summed E-state index contributed by atoms with van der Waals surface area (Å²) >= 11 is 0. The van der Waals surface area contributed by atoms with Crippen molar-refractivity contribution in [3.63, 3.8) is 0 Å². The van der Waals surface area contributed by atoms with Gasteiger partial charge in [-0.2, -0.15) is 0 Å². The van der Waals surface area contributed by atoms with E-state index in [1.165, 1.54) is 100 Å². The summed E-state index contributed by atoms with van der Waals surface area (Å²) in [4.78, 5) is 4.78. The summed E-state index contributed by atoms with van der Waals surface area (Å²) in [6, 6.07) is 93.7. The van der Waals surface area contributed by atoms with Crippen LogP contribution in [0.15, 0.2) is 255 Å². The van der Waals surface area contributed by atoms with Crippen LogP contribution < -0.4 is 9.80 Å². The predicted molar refractivity (Wildman–Crippen MR) is 342 cm³/mol. The topological polar surface area (TPSA) is 6.48 Å². The van der Waals surface area contributed by atoms with Crippen LogP contribution in [0.3, 0.4) is 0 Å². The van der Waals surface area contributed by atoms with Crippen molar-refractivity contribution in [3.05, 3.63) is 310 Å². The summed E-state index contributed by atoms with van der Waals surface area (Å²) < 4.78 is 0. The number of nitrogens with zero attached hydrogens (tertiary/aromatic N) is 2. The van der Waals surface area contributed by atoms with Crippen LogP contribution in [0.2, 0.25) is 0 Å². The second-order valence-electron chi connectivity index (χ2n) is 22.8. The Morgan fingerprint density at radius 1 is 0.250 bits per heavy atom. The maximum atomic E-state index is 2.42. The van der Waals surface area contributed by atoms with Gasteiger partial charge in [-0.1, -0.05) is 245 Å². The molecule has 2 aliphatic carbocycles. The molecule has 0 saturated carbocycles. The van der Waals surface area contributed by atoms with Crippen LogP contribution >= 0.6 is 0 Å². The average Bonchev–Trinajstić information content (AvgIpc) is 3.97. The zero-order valence-corrected chi connectivity index (χ0v) is 46.5. The Bertz CT molecular complexity index is 3850. The molecule has 0 bridgehead atoms. The van der Waals surface area contributed by atoms with Gasteiger partial charge in [0.25, 0.3) is 0 Å². The van der Waals surface area contributed by atoms with Gasteiger partial charge in [0, 0.05) is 45.0 Å². The Balaban J connectivity index is 0.708. The molecule has 0 atom stereocenters. The van der Waals surface area contributed by atoms with Gasteiger partial charge in [-0.3, -0.25) is 0 Å². The van der Waals surface area contributed by atoms with Gasteiger partial charge in [-0.25, -0.2) is 0 Å². The van der Waals surface area contributed by atoms with Crippen molar-refractivity contribution in [2.75, 3.05) is 9.80 Å². The molecular weight excluding hydrogens is 965 g/mol. The molecule has 0 fully saturated rings. The SMILES string of the molecule is Cc1ccc(N(c2ccc(-c3ccccc3)cc2)c2ccc3c(c2)C(C)(C)c2cc(C=Cc4ccc(C=Cc5ccc6c(c5)C(C)(C)c5cc(N(c7ccc(C)cc7)c7ccc(-c8ccccc8)cc7)ccc5-6)cc4)ccc2-3)cc1. The number of anilines is 6. The van der Waals surface area contributed by atoms with Gasteiger partial charge in [-0.15, -0.1) is 0 Å². The Hall–Kier alpha value is -9.50. The number of hydrogen-bond donors (Lipinski definition) is 0. The molecule has 0 unspecified atom stereocenters. The third kappa shape index (κ3) is 9.37. The average molecular weight is 1030 g/mol. The molecule has 0 heterocycles. The minimum atomic E-state index is -0.183. The van der Waals surface area contributed by atoms with Gasteiger partial charge in [0.15, 0.2) is 0 Å². The van der Waals surface area contributed by atoms with E-state index in [-0.39, 0.29) is 10.8 Å². The zero-order chi connectivity index (χ0) is 54.5. The first-order chi connectivity index (χ1) is 38.9. The summed E-state index contributed by atoms with van der Waals surface area (Å²) in [6.45, 7) is 13.8. The summed E-state index contributed by atoms with van der Waals surface area (Å²) in [5.41, 5.74) is 29.2. The number of fused-ring (bicyclic) bond motifs is 6. The first-order valence-electron chi connectivity index (χ1n) is 28.0. The monoisotopic (exact) mass is 1030 g/mol. The van der Waals surface area contributed by atoms with E-state index >= 15 is 0 Å². The predicted octanol–water partition coefficient (Wildman–Crippen LogP) is 21.5. The zero-order valence-electron chi connectivity index (χ0n) is 46.5. The molecule has 2 nitrogen and oxygen atoms in total. The van der Waals surface area contributed by atoms with Crippen molar-refractivity contribution in [2.45, 2.75) is 52.4 Å². The highest BCUT2D eigenvalue weighted by Crippen LogP contribution is 2.53. The lowest BCUT2D eigenvalue weighted by molar-refractivity contribution is 0.660. The molecule has 0 spiro atoms. The Labute approximate surface area is 473 Å². The molecule has 0 N–H and O–H groups in total. The highest BCUT2D eigenvalue weighted by molar-refractivity contribution is 5.89. The summed E-state index contributed by atoms with van der Waals surface area (Å²) in [5.74, 6) is 0. The van der Waals surface area contributed by atoms with E-state index in [1.54, 1.807) is 0 Å². The van der Waals surface area contributed by atoms with Crippen LogP contribution in [0, 0.1) is 13.8 Å². The first kappa shape index (κ1) is 50.0. The van der Waals surface area contributed by atoms with Crippen molar-refractivity contribution >= 4 is 58.4 Å². The lowest BCUT2D eigenvalue weighted by atomic mass is 9.81. The quantitative estimate of drug-likeness (QED) is 0.113. The highest BCUT2D eigenvalue weighted by atomic mass is 15.1. The summed E-state index contributed by atoms with van der Waals surface area (Å²) in [5, 5.41) is 0. The molecule has 0 amide bonds. The Morgan fingerprint density at radius 3 is 0.863 bits per heavy atom. The lowest BCUT2D eigenvalue weighted by Gasteiger charge is -2.28. The lowest BCUT2D eigenvalue weighted by Crippen LogP contribution is -2.16. The van der Waals surface area contributed by atoms with Crippen molar-refractivity contribution in [3.8, 4) is 44.5 Å². The van der Waals surface area contributed by atoms with Gasteiger partial charge in [0.1, 0.15) is 0 Å². The first-order valence-corrected chi connectivity index (χ1v) is 28.0. The van der Waals surface area contributed by atoms with Crippen LogP contribution in [-0.4, -0.2) is 0 Å². The molecule has 11 aromatic rings. The molecule has 0 aliphatic heterocycles. The molecule has 11 aromatic carbocycles. The molecule has 2 heteroatoms. The third-order valence-electron chi connectivity index (χ3n) is 16.8. The molecule has 80 heavy (non-hydrogen) atoms. The largest absolute Gasteiger partial charge is 0.310 e. The highest BCUT2D eigenvalue weighted by Gasteiger charge is 2.38. The number of hydrogen-bond acceptors (Lipinski definition) is 2. The van der Waals surface area contributed by atoms with E-state index in [2.05, 4.69) is 330 Å². The fourth-order valence-corrected chi connectivity index (χ4v) is 12.2. The van der Waals surface area contributed by atoms with E-state index in [9.17, 15) is 0 Å². The maximum Gasteiger partial charge on any atom is 0.0465 e. The van der Waals surface area contributed by atoms with Crippen LogP contribution in [-0.2, 0) is 10.8 Å². The number of aryl methyl sites for hydroxylation is 2. The van der Waals surface area contributed by atoms with Crippen molar-refractivity contribution in [1.29, 1.82) is 0 Å². The van der Waals surface area contributed by atoms with E-state index < -0.39 is 0 Å². The minimum Gasteiger partial charge on any atom is -0.310 e. The normalized spacial score (nSPS) is 13.5. The minimum absolute atomic E-state index is 0.183.